The topological polar surface area (TPSA) is 9.23 Å². The van der Waals surface area contributed by atoms with Crippen molar-refractivity contribution in [2.75, 3.05) is 7.11 Å². The first-order valence-corrected chi connectivity index (χ1v) is 5.47. The third-order valence-electron chi connectivity index (χ3n) is 2.42. The van der Waals surface area contributed by atoms with Crippen molar-refractivity contribution in [2.45, 2.75) is 41.0 Å². The monoisotopic (exact) mass is 206 g/mol. The number of ether oxygens (including phenoxy) is 1. The van der Waals surface area contributed by atoms with Crippen LogP contribution in [-0.2, 0) is 6.42 Å². The van der Waals surface area contributed by atoms with Crippen LogP contribution in [0.5, 0.6) is 5.75 Å². The van der Waals surface area contributed by atoms with Gasteiger partial charge in [-0.15, -0.1) is 0 Å². The number of methoxy groups -OCH3 is 1. The zero-order valence-electron chi connectivity index (χ0n) is 10.8. The molecule has 1 aromatic carbocycles. The molecule has 0 fully saturated rings. The van der Waals surface area contributed by atoms with Gasteiger partial charge in [0.25, 0.3) is 0 Å². The van der Waals surface area contributed by atoms with Crippen molar-refractivity contribution < 1.29 is 4.74 Å². The Labute approximate surface area is 93.5 Å². The van der Waals surface area contributed by atoms with Crippen LogP contribution in [0.25, 0.3) is 0 Å². The van der Waals surface area contributed by atoms with Gasteiger partial charge in [-0.1, -0.05) is 38.5 Å². The van der Waals surface area contributed by atoms with E-state index in [-0.39, 0.29) is 0 Å². The summed E-state index contributed by atoms with van der Waals surface area (Å²) in [5.41, 5.74) is 4.17. The molecule has 84 valence electrons. The summed E-state index contributed by atoms with van der Waals surface area (Å²) in [5.74, 6) is 1.05. The summed E-state index contributed by atoms with van der Waals surface area (Å²) in [6.07, 6.45) is 1.05. The molecule has 1 rings (SSSR count). The van der Waals surface area contributed by atoms with Crippen LogP contribution < -0.4 is 4.74 Å². The van der Waals surface area contributed by atoms with Crippen LogP contribution in [0.4, 0.5) is 0 Å². The molecule has 0 aromatic heterocycles. The van der Waals surface area contributed by atoms with Gasteiger partial charge < -0.3 is 4.74 Å². The summed E-state index contributed by atoms with van der Waals surface area (Å²) in [7, 11) is 1.75. The lowest BCUT2D eigenvalue weighted by Gasteiger charge is -2.21. The lowest BCUT2D eigenvalue weighted by molar-refractivity contribution is 0.377. The highest BCUT2D eigenvalue weighted by molar-refractivity contribution is 5.44. The molecule has 0 unspecified atom stereocenters. The van der Waals surface area contributed by atoms with Crippen LogP contribution in [0, 0.1) is 19.3 Å². The van der Waals surface area contributed by atoms with Crippen molar-refractivity contribution in [1.29, 1.82) is 0 Å². The first kappa shape index (κ1) is 12.1. The van der Waals surface area contributed by atoms with Crippen molar-refractivity contribution in [3.05, 3.63) is 28.8 Å². The smallest absolute Gasteiger partial charge is 0.124 e. The Bertz CT molecular complexity index is 345. The second-order valence-corrected chi connectivity index (χ2v) is 5.51. The lowest BCUT2D eigenvalue weighted by atomic mass is 9.86. The predicted octanol–water partition coefficient (Wildman–Crippen LogP) is 3.90. The minimum atomic E-state index is 0.299. The summed E-state index contributed by atoms with van der Waals surface area (Å²) in [4.78, 5) is 0. The molecule has 0 radical (unpaired) electrons. The maximum atomic E-state index is 5.48. The molecule has 0 atom stereocenters. The molecule has 0 bridgehead atoms. The molecule has 0 aliphatic heterocycles. The number of hydrogen-bond donors (Lipinski definition) is 0. The van der Waals surface area contributed by atoms with E-state index in [1.165, 1.54) is 16.7 Å². The highest BCUT2D eigenvalue weighted by atomic mass is 16.5. The van der Waals surface area contributed by atoms with Crippen molar-refractivity contribution >= 4 is 0 Å². The van der Waals surface area contributed by atoms with Crippen molar-refractivity contribution in [2.24, 2.45) is 5.41 Å². The minimum absolute atomic E-state index is 0.299. The quantitative estimate of drug-likeness (QED) is 0.713. The molecule has 0 heterocycles. The van der Waals surface area contributed by atoms with E-state index in [1.54, 1.807) is 7.11 Å². The fourth-order valence-electron chi connectivity index (χ4n) is 2.04. The van der Waals surface area contributed by atoms with E-state index in [4.69, 9.17) is 4.74 Å². The summed E-state index contributed by atoms with van der Waals surface area (Å²) >= 11 is 0. The van der Waals surface area contributed by atoms with Gasteiger partial charge in [0.1, 0.15) is 5.75 Å². The van der Waals surface area contributed by atoms with Gasteiger partial charge >= 0.3 is 0 Å². The normalized spacial score (nSPS) is 11.6. The fraction of sp³-hybridized carbons (Fsp3) is 0.571. The molecular formula is C14H22O. The Balaban J connectivity index is 3.15. The Morgan fingerprint density at radius 3 is 2.20 bits per heavy atom. The van der Waals surface area contributed by atoms with Gasteiger partial charge in [-0.25, -0.2) is 0 Å². The molecule has 0 N–H and O–H groups in total. The molecular weight excluding hydrogens is 184 g/mol. The summed E-state index contributed by atoms with van der Waals surface area (Å²) in [6, 6.07) is 4.40. The first-order valence-electron chi connectivity index (χ1n) is 5.47. The third-order valence-corrected chi connectivity index (χ3v) is 2.42. The summed E-state index contributed by atoms with van der Waals surface area (Å²) in [5, 5.41) is 0. The van der Waals surface area contributed by atoms with Crippen LogP contribution in [-0.4, -0.2) is 7.11 Å². The molecule has 0 aliphatic rings. The molecule has 0 amide bonds. The van der Waals surface area contributed by atoms with Crippen molar-refractivity contribution in [3.8, 4) is 5.75 Å². The van der Waals surface area contributed by atoms with E-state index in [0.717, 1.165) is 12.2 Å². The summed E-state index contributed by atoms with van der Waals surface area (Å²) < 4.78 is 5.48. The highest BCUT2D eigenvalue weighted by Gasteiger charge is 2.16. The fourth-order valence-corrected chi connectivity index (χ4v) is 2.04. The van der Waals surface area contributed by atoms with Gasteiger partial charge in [0, 0.05) is 0 Å². The van der Waals surface area contributed by atoms with Gasteiger partial charge in [-0.3, -0.25) is 0 Å². The summed E-state index contributed by atoms with van der Waals surface area (Å²) in [6.45, 7) is 11.0. The molecule has 1 heteroatoms. The van der Waals surface area contributed by atoms with Crippen LogP contribution in [0.15, 0.2) is 12.1 Å². The van der Waals surface area contributed by atoms with Gasteiger partial charge in [0.2, 0.25) is 0 Å². The maximum Gasteiger partial charge on any atom is 0.124 e. The SMILES string of the molecule is COc1c(C)cc(C)cc1CC(C)(C)C. The Morgan fingerprint density at radius 1 is 1.13 bits per heavy atom. The number of rotatable bonds is 2. The van der Waals surface area contributed by atoms with E-state index in [1.807, 2.05) is 0 Å². The van der Waals surface area contributed by atoms with E-state index in [2.05, 4.69) is 46.8 Å². The van der Waals surface area contributed by atoms with E-state index >= 15 is 0 Å². The Morgan fingerprint density at radius 2 is 1.73 bits per heavy atom. The largest absolute Gasteiger partial charge is 0.496 e. The van der Waals surface area contributed by atoms with Gasteiger partial charge in [-0.2, -0.15) is 0 Å². The lowest BCUT2D eigenvalue weighted by Crippen LogP contribution is -2.10. The Hall–Kier alpha value is -0.980. The zero-order chi connectivity index (χ0) is 11.6. The number of hydrogen-bond acceptors (Lipinski definition) is 1. The minimum Gasteiger partial charge on any atom is -0.496 e. The molecule has 0 aliphatic carbocycles. The second kappa shape index (κ2) is 4.26. The van der Waals surface area contributed by atoms with Crippen LogP contribution in [0.2, 0.25) is 0 Å². The number of aryl methyl sites for hydroxylation is 2. The standard InChI is InChI=1S/C14H22O/c1-10-7-11(2)13(15-6)12(8-10)9-14(3,4)5/h7-8H,9H2,1-6H3. The van der Waals surface area contributed by atoms with Gasteiger partial charge in [0.15, 0.2) is 0 Å². The molecule has 0 saturated carbocycles. The second-order valence-electron chi connectivity index (χ2n) is 5.51. The van der Waals surface area contributed by atoms with E-state index in [9.17, 15) is 0 Å². The van der Waals surface area contributed by atoms with E-state index < -0.39 is 0 Å². The average Bonchev–Trinajstić information content (AvgIpc) is 1.99. The van der Waals surface area contributed by atoms with Gasteiger partial charge in [0.05, 0.1) is 7.11 Å². The predicted molar refractivity (Wildman–Crippen MR) is 65.6 cm³/mol. The van der Waals surface area contributed by atoms with Gasteiger partial charge in [-0.05, 0) is 36.8 Å². The van der Waals surface area contributed by atoms with Crippen LogP contribution in [0.1, 0.15) is 37.5 Å². The van der Waals surface area contributed by atoms with Crippen LogP contribution >= 0.6 is 0 Å². The van der Waals surface area contributed by atoms with Crippen molar-refractivity contribution in [1.82, 2.24) is 0 Å². The number of benzene rings is 1. The van der Waals surface area contributed by atoms with E-state index in [0.29, 0.717) is 5.41 Å². The molecule has 1 aromatic rings. The Kier molecular flexibility index (Phi) is 3.43. The average molecular weight is 206 g/mol. The molecule has 15 heavy (non-hydrogen) atoms. The molecule has 0 saturated heterocycles. The van der Waals surface area contributed by atoms with Crippen molar-refractivity contribution in [3.63, 3.8) is 0 Å². The zero-order valence-corrected chi connectivity index (χ0v) is 10.8. The maximum absolute atomic E-state index is 5.48. The third kappa shape index (κ3) is 3.26. The molecule has 0 spiro atoms. The molecule has 1 nitrogen and oxygen atoms in total. The van der Waals surface area contributed by atoms with Crippen LogP contribution in [0.3, 0.4) is 0 Å². The first-order chi connectivity index (χ1) is 6.83. The highest BCUT2D eigenvalue weighted by Crippen LogP contribution is 2.30.